The van der Waals surface area contributed by atoms with Crippen LogP contribution in [-0.2, 0) is 0 Å². The van der Waals surface area contributed by atoms with Crippen molar-refractivity contribution in [2.24, 2.45) is 5.92 Å². The number of aromatic nitrogens is 1. The maximum atomic E-state index is 6.09. The highest BCUT2D eigenvalue weighted by atomic mass is 35.5. The Balaban J connectivity index is 1.97. The number of hydrogen-bond donors (Lipinski definition) is 1. The van der Waals surface area contributed by atoms with Gasteiger partial charge in [-0.15, -0.1) is 0 Å². The number of pyridine rings is 1. The lowest BCUT2D eigenvalue weighted by atomic mass is 9.84. The van der Waals surface area contributed by atoms with Crippen molar-refractivity contribution in [3.63, 3.8) is 0 Å². The van der Waals surface area contributed by atoms with Gasteiger partial charge in [-0.1, -0.05) is 37.8 Å². The van der Waals surface area contributed by atoms with Gasteiger partial charge in [-0.25, -0.2) is 0 Å². The molecule has 1 aliphatic rings. The van der Waals surface area contributed by atoms with Gasteiger partial charge < -0.3 is 5.32 Å². The normalized spacial score (nSPS) is 25.4. The largest absolute Gasteiger partial charge is 0.381 e. The van der Waals surface area contributed by atoms with E-state index in [2.05, 4.69) is 17.2 Å². The molecule has 0 saturated heterocycles. The van der Waals surface area contributed by atoms with Gasteiger partial charge in [-0.3, -0.25) is 4.98 Å². The molecule has 2 rings (SSSR count). The van der Waals surface area contributed by atoms with Gasteiger partial charge in [-0.2, -0.15) is 0 Å². The van der Waals surface area contributed by atoms with E-state index in [9.17, 15) is 0 Å². The van der Waals surface area contributed by atoms with Gasteiger partial charge >= 0.3 is 0 Å². The Bertz CT molecular complexity index is 340. The van der Waals surface area contributed by atoms with Gasteiger partial charge in [0, 0.05) is 18.4 Å². The molecule has 2 nitrogen and oxygen atoms in total. The minimum atomic E-state index is 0.582. The molecular weight excluding hydrogens is 220 g/mol. The summed E-state index contributed by atoms with van der Waals surface area (Å²) in [6, 6.07) is 2.54. The third-order valence-corrected chi connectivity index (χ3v) is 3.79. The Morgan fingerprint density at radius 2 is 2.38 bits per heavy atom. The highest BCUT2D eigenvalue weighted by Crippen LogP contribution is 2.30. The Labute approximate surface area is 102 Å². The monoisotopic (exact) mass is 238 g/mol. The Kier molecular flexibility index (Phi) is 4.05. The van der Waals surface area contributed by atoms with Crippen molar-refractivity contribution >= 4 is 17.3 Å². The standard InChI is InChI=1S/C13H19ClN2/c1-2-10-4-3-5-11(8-10)16-13-6-7-15-9-12(13)14/h6-7,9-11H,2-5,8H2,1H3,(H,15,16). The summed E-state index contributed by atoms with van der Waals surface area (Å²) in [5.74, 6) is 0.881. The van der Waals surface area contributed by atoms with Gasteiger partial charge in [0.05, 0.1) is 10.7 Å². The van der Waals surface area contributed by atoms with E-state index >= 15 is 0 Å². The van der Waals surface area contributed by atoms with E-state index in [1.807, 2.05) is 6.07 Å². The molecule has 1 heterocycles. The molecule has 16 heavy (non-hydrogen) atoms. The first-order valence-electron chi connectivity index (χ1n) is 6.15. The first-order valence-corrected chi connectivity index (χ1v) is 6.53. The fourth-order valence-corrected chi connectivity index (χ4v) is 2.68. The van der Waals surface area contributed by atoms with Crippen LogP contribution >= 0.6 is 11.6 Å². The predicted molar refractivity (Wildman–Crippen MR) is 68.9 cm³/mol. The first kappa shape index (κ1) is 11.7. The summed E-state index contributed by atoms with van der Waals surface area (Å²) >= 11 is 6.09. The summed E-state index contributed by atoms with van der Waals surface area (Å²) < 4.78 is 0. The van der Waals surface area contributed by atoms with Crippen LogP contribution in [0.15, 0.2) is 18.5 Å². The lowest BCUT2D eigenvalue weighted by Crippen LogP contribution is -2.27. The Hall–Kier alpha value is -0.760. The number of rotatable bonds is 3. The van der Waals surface area contributed by atoms with Gasteiger partial charge in [-0.05, 0) is 24.8 Å². The molecular formula is C13H19ClN2. The van der Waals surface area contributed by atoms with Crippen LogP contribution in [0.1, 0.15) is 39.0 Å². The molecule has 0 bridgehead atoms. The fourth-order valence-electron chi connectivity index (χ4n) is 2.51. The lowest BCUT2D eigenvalue weighted by molar-refractivity contribution is 0.327. The second-order valence-corrected chi connectivity index (χ2v) is 5.04. The summed E-state index contributed by atoms with van der Waals surface area (Å²) in [6.45, 7) is 2.28. The van der Waals surface area contributed by atoms with Crippen LogP contribution in [0, 0.1) is 5.92 Å². The predicted octanol–water partition coefficient (Wildman–Crippen LogP) is 4.12. The van der Waals surface area contributed by atoms with E-state index in [-0.39, 0.29) is 0 Å². The van der Waals surface area contributed by atoms with E-state index in [1.165, 1.54) is 32.1 Å². The first-order chi connectivity index (χ1) is 7.79. The van der Waals surface area contributed by atoms with Crippen molar-refractivity contribution in [1.29, 1.82) is 0 Å². The Morgan fingerprint density at radius 1 is 1.50 bits per heavy atom. The van der Waals surface area contributed by atoms with E-state index in [1.54, 1.807) is 12.4 Å². The fraction of sp³-hybridized carbons (Fsp3) is 0.615. The van der Waals surface area contributed by atoms with Crippen molar-refractivity contribution in [3.8, 4) is 0 Å². The summed E-state index contributed by atoms with van der Waals surface area (Å²) in [6.07, 6.45) is 10.0. The summed E-state index contributed by atoms with van der Waals surface area (Å²) in [5.41, 5.74) is 1.03. The summed E-state index contributed by atoms with van der Waals surface area (Å²) in [5, 5.41) is 4.26. The molecule has 3 heteroatoms. The number of hydrogen-bond acceptors (Lipinski definition) is 2. The van der Waals surface area contributed by atoms with Crippen LogP contribution < -0.4 is 5.32 Å². The summed E-state index contributed by atoms with van der Waals surface area (Å²) in [7, 11) is 0. The SMILES string of the molecule is CCC1CCCC(Nc2ccncc2Cl)C1. The zero-order valence-electron chi connectivity index (χ0n) is 9.75. The minimum Gasteiger partial charge on any atom is -0.381 e. The van der Waals surface area contributed by atoms with Crippen molar-refractivity contribution in [2.75, 3.05) is 5.32 Å². The van der Waals surface area contributed by atoms with Crippen molar-refractivity contribution in [1.82, 2.24) is 4.98 Å². The van der Waals surface area contributed by atoms with E-state index in [0.29, 0.717) is 6.04 Å². The van der Waals surface area contributed by atoms with Crippen LogP contribution in [-0.4, -0.2) is 11.0 Å². The quantitative estimate of drug-likeness (QED) is 0.857. The molecule has 2 atom stereocenters. The molecule has 0 radical (unpaired) electrons. The average Bonchev–Trinajstić information content (AvgIpc) is 2.32. The highest BCUT2D eigenvalue weighted by molar-refractivity contribution is 6.33. The van der Waals surface area contributed by atoms with Gasteiger partial charge in [0.15, 0.2) is 0 Å². The van der Waals surface area contributed by atoms with E-state index in [0.717, 1.165) is 16.6 Å². The highest BCUT2D eigenvalue weighted by Gasteiger charge is 2.20. The molecule has 1 aromatic heterocycles. The van der Waals surface area contributed by atoms with E-state index in [4.69, 9.17) is 11.6 Å². The van der Waals surface area contributed by atoms with Crippen LogP contribution in [0.25, 0.3) is 0 Å². The van der Waals surface area contributed by atoms with Gasteiger partial charge in [0.1, 0.15) is 0 Å². The van der Waals surface area contributed by atoms with Gasteiger partial charge in [0.25, 0.3) is 0 Å². The number of nitrogens with zero attached hydrogens (tertiary/aromatic N) is 1. The van der Waals surface area contributed by atoms with Crippen LogP contribution in [0.2, 0.25) is 5.02 Å². The average molecular weight is 239 g/mol. The number of halogens is 1. The molecule has 0 spiro atoms. The van der Waals surface area contributed by atoms with Crippen molar-refractivity contribution < 1.29 is 0 Å². The summed E-state index contributed by atoms with van der Waals surface area (Å²) in [4.78, 5) is 4.00. The molecule has 1 saturated carbocycles. The van der Waals surface area contributed by atoms with E-state index < -0.39 is 0 Å². The number of nitrogens with one attached hydrogen (secondary N) is 1. The molecule has 88 valence electrons. The van der Waals surface area contributed by atoms with Crippen LogP contribution in [0.5, 0.6) is 0 Å². The maximum Gasteiger partial charge on any atom is 0.0820 e. The van der Waals surface area contributed by atoms with Crippen molar-refractivity contribution in [2.45, 2.75) is 45.1 Å². The molecule has 0 amide bonds. The molecule has 1 aliphatic carbocycles. The van der Waals surface area contributed by atoms with Crippen molar-refractivity contribution in [3.05, 3.63) is 23.5 Å². The Morgan fingerprint density at radius 3 is 3.12 bits per heavy atom. The minimum absolute atomic E-state index is 0.582. The lowest BCUT2D eigenvalue weighted by Gasteiger charge is -2.30. The van der Waals surface area contributed by atoms with Crippen LogP contribution in [0.3, 0.4) is 0 Å². The molecule has 0 aliphatic heterocycles. The third kappa shape index (κ3) is 2.88. The zero-order chi connectivity index (χ0) is 11.4. The molecule has 1 aromatic rings. The molecule has 2 unspecified atom stereocenters. The second kappa shape index (κ2) is 5.53. The topological polar surface area (TPSA) is 24.9 Å². The zero-order valence-corrected chi connectivity index (χ0v) is 10.5. The molecule has 1 fully saturated rings. The maximum absolute atomic E-state index is 6.09. The molecule has 1 N–H and O–H groups in total. The molecule has 0 aromatic carbocycles. The smallest absolute Gasteiger partial charge is 0.0820 e. The number of anilines is 1. The van der Waals surface area contributed by atoms with Crippen LogP contribution in [0.4, 0.5) is 5.69 Å². The second-order valence-electron chi connectivity index (χ2n) is 4.64. The van der Waals surface area contributed by atoms with Gasteiger partial charge in [0.2, 0.25) is 0 Å². The third-order valence-electron chi connectivity index (χ3n) is 3.49.